The Morgan fingerprint density at radius 3 is 2.89 bits per heavy atom. The molecule has 3 rings (SSSR count). The molecule has 0 radical (unpaired) electrons. The number of nitrogens with one attached hydrogen (secondary N) is 1. The lowest BCUT2D eigenvalue weighted by atomic mass is 9.88. The predicted octanol–water partition coefficient (Wildman–Crippen LogP) is 4.74. The van der Waals surface area contributed by atoms with E-state index in [-0.39, 0.29) is 24.5 Å². The molecular formula is C21H28N2O3S2. The van der Waals surface area contributed by atoms with Crippen LogP contribution in [0, 0.1) is 5.92 Å². The number of esters is 1. The van der Waals surface area contributed by atoms with Crippen molar-refractivity contribution < 1.29 is 14.3 Å². The molecule has 0 spiro atoms. The van der Waals surface area contributed by atoms with Crippen LogP contribution < -0.4 is 5.32 Å². The highest BCUT2D eigenvalue weighted by atomic mass is 32.1. The van der Waals surface area contributed by atoms with Gasteiger partial charge in [0.05, 0.1) is 18.7 Å². The number of carbonyl (C=O) groups is 2. The summed E-state index contributed by atoms with van der Waals surface area (Å²) in [7, 11) is 1.94. The summed E-state index contributed by atoms with van der Waals surface area (Å²) in [5.74, 6) is 0.163. The quantitative estimate of drug-likeness (QED) is 0.657. The highest BCUT2D eigenvalue weighted by molar-refractivity contribution is 7.17. The summed E-state index contributed by atoms with van der Waals surface area (Å²) >= 11 is 3.22. The van der Waals surface area contributed by atoms with Crippen molar-refractivity contribution in [3.63, 3.8) is 0 Å². The number of fused-ring (bicyclic) bond motifs is 1. The Morgan fingerprint density at radius 1 is 1.43 bits per heavy atom. The summed E-state index contributed by atoms with van der Waals surface area (Å²) < 4.78 is 5.28. The van der Waals surface area contributed by atoms with Crippen LogP contribution in [0.3, 0.4) is 0 Å². The van der Waals surface area contributed by atoms with Gasteiger partial charge in [0.2, 0.25) is 5.91 Å². The molecule has 0 aromatic carbocycles. The molecule has 0 saturated carbocycles. The number of hydrogen-bond acceptors (Lipinski definition) is 6. The van der Waals surface area contributed by atoms with Crippen molar-refractivity contribution >= 4 is 39.6 Å². The smallest absolute Gasteiger partial charge is 0.341 e. The topological polar surface area (TPSA) is 58.6 Å². The molecule has 2 unspecified atom stereocenters. The van der Waals surface area contributed by atoms with Crippen LogP contribution in [0.15, 0.2) is 17.5 Å². The minimum absolute atomic E-state index is 0.108. The second-order valence-corrected chi connectivity index (χ2v) is 9.52. The van der Waals surface area contributed by atoms with E-state index in [0.717, 1.165) is 24.8 Å². The molecule has 0 bridgehead atoms. The largest absolute Gasteiger partial charge is 0.462 e. The molecule has 1 aliphatic carbocycles. The normalized spacial score (nSPS) is 17.2. The van der Waals surface area contributed by atoms with E-state index in [1.54, 1.807) is 18.3 Å². The Morgan fingerprint density at radius 2 is 2.21 bits per heavy atom. The van der Waals surface area contributed by atoms with Crippen LogP contribution in [0.25, 0.3) is 0 Å². The summed E-state index contributed by atoms with van der Waals surface area (Å²) in [5.41, 5.74) is 1.63. The van der Waals surface area contributed by atoms with E-state index in [0.29, 0.717) is 23.1 Å². The maximum Gasteiger partial charge on any atom is 0.341 e. The van der Waals surface area contributed by atoms with Crippen molar-refractivity contribution in [3.05, 3.63) is 38.4 Å². The van der Waals surface area contributed by atoms with Crippen LogP contribution in [0.2, 0.25) is 0 Å². The fourth-order valence-electron chi connectivity index (χ4n) is 3.53. The molecular weight excluding hydrogens is 392 g/mol. The van der Waals surface area contributed by atoms with Crippen molar-refractivity contribution in [2.24, 2.45) is 5.92 Å². The molecule has 0 fully saturated rings. The zero-order valence-electron chi connectivity index (χ0n) is 16.9. The van der Waals surface area contributed by atoms with Gasteiger partial charge >= 0.3 is 5.97 Å². The zero-order valence-corrected chi connectivity index (χ0v) is 18.5. The monoisotopic (exact) mass is 420 g/mol. The number of rotatable bonds is 7. The predicted molar refractivity (Wildman–Crippen MR) is 115 cm³/mol. The van der Waals surface area contributed by atoms with E-state index >= 15 is 0 Å². The number of hydrogen-bond donors (Lipinski definition) is 1. The summed E-state index contributed by atoms with van der Waals surface area (Å²) in [4.78, 5) is 29.7. The molecule has 2 aromatic heterocycles. The lowest BCUT2D eigenvalue weighted by Crippen LogP contribution is -2.32. The third-order valence-electron chi connectivity index (χ3n) is 5.25. The van der Waals surface area contributed by atoms with Gasteiger partial charge in [0, 0.05) is 15.8 Å². The first-order valence-electron chi connectivity index (χ1n) is 9.75. The molecule has 7 heteroatoms. The van der Waals surface area contributed by atoms with Gasteiger partial charge in [0.15, 0.2) is 0 Å². The van der Waals surface area contributed by atoms with Gasteiger partial charge in [-0.05, 0) is 63.1 Å². The Hall–Kier alpha value is -1.70. The average molecular weight is 421 g/mol. The van der Waals surface area contributed by atoms with Gasteiger partial charge in [-0.15, -0.1) is 22.7 Å². The molecule has 0 aliphatic heterocycles. The minimum Gasteiger partial charge on any atom is -0.462 e. The lowest BCUT2D eigenvalue weighted by Gasteiger charge is -2.23. The Kier molecular flexibility index (Phi) is 6.91. The minimum atomic E-state index is -0.329. The number of amides is 1. The molecule has 2 heterocycles. The Bertz CT molecular complexity index is 829. The summed E-state index contributed by atoms with van der Waals surface area (Å²) in [6.07, 6.45) is 2.88. The third kappa shape index (κ3) is 4.64. The first kappa shape index (κ1) is 21.0. The van der Waals surface area contributed by atoms with Gasteiger partial charge in [0.1, 0.15) is 5.00 Å². The molecule has 5 nitrogen and oxygen atoms in total. The van der Waals surface area contributed by atoms with E-state index in [1.807, 2.05) is 23.4 Å². The van der Waals surface area contributed by atoms with Gasteiger partial charge in [0.25, 0.3) is 0 Å². The van der Waals surface area contributed by atoms with E-state index in [4.69, 9.17) is 4.74 Å². The fraction of sp³-hybridized carbons (Fsp3) is 0.524. The Labute approximate surface area is 174 Å². The Balaban J connectivity index is 1.75. The number of nitrogens with zero attached hydrogens (tertiary/aromatic N) is 1. The van der Waals surface area contributed by atoms with Crippen LogP contribution in [-0.2, 0) is 22.4 Å². The summed E-state index contributed by atoms with van der Waals surface area (Å²) in [5, 5.41) is 5.68. The molecule has 1 aliphatic rings. The third-order valence-corrected chi connectivity index (χ3v) is 7.47. The second kappa shape index (κ2) is 9.20. The highest BCUT2D eigenvalue weighted by Gasteiger charge is 2.29. The summed E-state index contributed by atoms with van der Waals surface area (Å²) in [6, 6.07) is 4.26. The number of thiophene rings is 2. The van der Waals surface area contributed by atoms with E-state index in [1.165, 1.54) is 21.1 Å². The lowest BCUT2D eigenvalue weighted by molar-refractivity contribution is -0.117. The van der Waals surface area contributed by atoms with E-state index in [9.17, 15) is 9.59 Å². The zero-order chi connectivity index (χ0) is 20.3. The maximum atomic E-state index is 12.7. The van der Waals surface area contributed by atoms with Crippen molar-refractivity contribution in [2.75, 3.05) is 25.5 Å². The van der Waals surface area contributed by atoms with Gasteiger partial charge in [-0.1, -0.05) is 13.0 Å². The molecule has 2 aromatic rings. The average Bonchev–Trinajstić information content (AvgIpc) is 3.28. The number of carbonyl (C=O) groups excluding carboxylic acids is 2. The first-order chi connectivity index (χ1) is 13.4. The van der Waals surface area contributed by atoms with Crippen molar-refractivity contribution in [3.8, 4) is 0 Å². The number of anilines is 1. The number of likely N-dealkylation sites (N-methyl/N-ethyl adjacent to an activating group) is 1. The summed E-state index contributed by atoms with van der Waals surface area (Å²) in [6.45, 7) is 6.72. The van der Waals surface area contributed by atoms with E-state index in [2.05, 4.69) is 25.2 Å². The fourth-order valence-corrected chi connectivity index (χ4v) is 5.80. The van der Waals surface area contributed by atoms with Crippen molar-refractivity contribution in [2.45, 2.75) is 46.1 Å². The van der Waals surface area contributed by atoms with Crippen LogP contribution in [0.4, 0.5) is 5.00 Å². The van der Waals surface area contributed by atoms with Gasteiger partial charge < -0.3 is 10.1 Å². The van der Waals surface area contributed by atoms with Crippen molar-refractivity contribution in [1.82, 2.24) is 4.90 Å². The second-order valence-electron chi connectivity index (χ2n) is 7.43. The van der Waals surface area contributed by atoms with Gasteiger partial charge in [-0.25, -0.2) is 4.79 Å². The van der Waals surface area contributed by atoms with Gasteiger partial charge in [-0.3, -0.25) is 9.69 Å². The molecule has 1 N–H and O–H groups in total. The molecule has 152 valence electrons. The van der Waals surface area contributed by atoms with E-state index < -0.39 is 0 Å². The SMILES string of the molecule is CCOC(=O)c1c(NC(=O)CN(C)C(C)c2cccs2)sc2c1CCC(C)C2. The first-order valence-corrected chi connectivity index (χ1v) is 11.4. The van der Waals surface area contributed by atoms with Crippen LogP contribution in [-0.4, -0.2) is 37.0 Å². The molecule has 1 amide bonds. The highest BCUT2D eigenvalue weighted by Crippen LogP contribution is 2.40. The molecule has 0 saturated heterocycles. The molecule has 28 heavy (non-hydrogen) atoms. The van der Waals surface area contributed by atoms with Crippen LogP contribution in [0.1, 0.15) is 58.9 Å². The maximum absolute atomic E-state index is 12.7. The van der Waals surface area contributed by atoms with Crippen molar-refractivity contribution in [1.29, 1.82) is 0 Å². The van der Waals surface area contributed by atoms with Crippen LogP contribution in [0.5, 0.6) is 0 Å². The van der Waals surface area contributed by atoms with Crippen LogP contribution >= 0.6 is 22.7 Å². The van der Waals surface area contributed by atoms with Gasteiger partial charge in [-0.2, -0.15) is 0 Å². The number of ether oxygens (including phenoxy) is 1. The standard InChI is InChI=1S/C21H28N2O3S2/c1-5-26-21(25)19-15-9-8-13(2)11-17(15)28-20(19)22-18(24)12-23(4)14(3)16-7-6-10-27-16/h6-7,10,13-14H,5,8-9,11-12H2,1-4H3,(H,22,24). The molecule has 2 atom stereocenters.